The van der Waals surface area contributed by atoms with Crippen LogP contribution in [0.15, 0.2) is 35.8 Å². The van der Waals surface area contributed by atoms with Crippen LogP contribution < -0.4 is 4.74 Å². The topological polar surface area (TPSA) is 60.2 Å². The van der Waals surface area contributed by atoms with E-state index in [9.17, 15) is 4.79 Å². The van der Waals surface area contributed by atoms with Crippen molar-refractivity contribution in [2.75, 3.05) is 20.2 Å². The third-order valence-electron chi connectivity index (χ3n) is 6.01. The Hall–Kier alpha value is -2.67. The SMILES string of the molecule is COc1ccccc1-c1cnc2n1CCC21CCN(C(=O)c2csc(C)n2)C1. The van der Waals surface area contributed by atoms with Crippen LogP contribution in [-0.4, -0.2) is 45.5 Å². The summed E-state index contributed by atoms with van der Waals surface area (Å²) >= 11 is 1.52. The van der Waals surface area contributed by atoms with Crippen LogP contribution in [0.5, 0.6) is 5.75 Å². The molecule has 2 aliphatic rings. The molecule has 1 saturated heterocycles. The van der Waals surface area contributed by atoms with Gasteiger partial charge >= 0.3 is 0 Å². The maximum absolute atomic E-state index is 12.8. The molecule has 7 heteroatoms. The Kier molecular flexibility index (Phi) is 4.01. The van der Waals surface area contributed by atoms with E-state index in [2.05, 4.69) is 15.6 Å². The van der Waals surface area contributed by atoms with Gasteiger partial charge in [0.1, 0.15) is 17.3 Å². The number of fused-ring (bicyclic) bond motifs is 2. The van der Waals surface area contributed by atoms with Crippen molar-refractivity contribution in [1.29, 1.82) is 0 Å². The van der Waals surface area contributed by atoms with Crippen molar-refractivity contribution in [1.82, 2.24) is 19.4 Å². The number of imidazole rings is 1. The number of thiazole rings is 1. The van der Waals surface area contributed by atoms with Crippen molar-refractivity contribution in [3.05, 3.63) is 52.4 Å². The lowest BCUT2D eigenvalue weighted by Gasteiger charge is -2.22. The third kappa shape index (κ3) is 2.57. The van der Waals surface area contributed by atoms with Gasteiger partial charge in [-0.3, -0.25) is 4.79 Å². The number of likely N-dealkylation sites (tertiary alicyclic amines) is 1. The molecule has 3 aromatic rings. The number of methoxy groups -OCH3 is 1. The lowest BCUT2D eigenvalue weighted by atomic mass is 9.85. The summed E-state index contributed by atoms with van der Waals surface area (Å²) in [5.74, 6) is 1.99. The minimum absolute atomic E-state index is 0.0381. The molecular weight excluding hydrogens is 372 g/mol. The van der Waals surface area contributed by atoms with Crippen LogP contribution in [0.25, 0.3) is 11.3 Å². The van der Waals surface area contributed by atoms with E-state index in [4.69, 9.17) is 9.72 Å². The number of nitrogens with zero attached hydrogens (tertiary/aromatic N) is 4. The number of hydrogen-bond donors (Lipinski definition) is 0. The van der Waals surface area contributed by atoms with E-state index in [1.54, 1.807) is 7.11 Å². The summed E-state index contributed by atoms with van der Waals surface area (Å²) < 4.78 is 7.85. The molecule has 0 aliphatic carbocycles. The summed E-state index contributed by atoms with van der Waals surface area (Å²) in [5.41, 5.74) is 2.66. The second kappa shape index (κ2) is 6.44. The number of carbonyl (C=O) groups is 1. The zero-order valence-electron chi connectivity index (χ0n) is 16.0. The highest BCUT2D eigenvalue weighted by Gasteiger charge is 2.48. The van der Waals surface area contributed by atoms with E-state index < -0.39 is 0 Å². The number of rotatable bonds is 3. The van der Waals surface area contributed by atoms with Gasteiger partial charge in [-0.15, -0.1) is 11.3 Å². The molecule has 1 amide bonds. The standard InChI is InChI=1S/C21H22N4O2S/c1-14-23-16(12-28-14)19(26)24-9-7-21(13-24)8-10-25-17(11-22-20(21)25)15-5-3-4-6-18(15)27-2/h3-6,11-12H,7-10,13H2,1-2H3. The predicted octanol–water partition coefficient (Wildman–Crippen LogP) is 3.51. The van der Waals surface area contributed by atoms with Crippen LogP contribution in [0.3, 0.4) is 0 Å². The van der Waals surface area contributed by atoms with Gasteiger partial charge in [-0.05, 0) is 31.9 Å². The predicted molar refractivity (Wildman–Crippen MR) is 108 cm³/mol. The molecule has 0 saturated carbocycles. The normalized spacial score (nSPS) is 20.7. The van der Waals surface area contributed by atoms with Crippen LogP contribution in [-0.2, 0) is 12.0 Å². The summed E-state index contributed by atoms with van der Waals surface area (Å²) in [4.78, 5) is 24.0. The Morgan fingerprint density at radius 1 is 1.25 bits per heavy atom. The minimum Gasteiger partial charge on any atom is -0.496 e. The maximum Gasteiger partial charge on any atom is 0.273 e. The van der Waals surface area contributed by atoms with Gasteiger partial charge < -0.3 is 14.2 Å². The number of aromatic nitrogens is 3. The lowest BCUT2D eigenvalue weighted by Crippen LogP contribution is -2.34. The van der Waals surface area contributed by atoms with Crippen LogP contribution >= 0.6 is 11.3 Å². The van der Waals surface area contributed by atoms with Crippen molar-refractivity contribution in [3.8, 4) is 17.0 Å². The van der Waals surface area contributed by atoms with Gasteiger partial charge in [-0.2, -0.15) is 0 Å². The summed E-state index contributed by atoms with van der Waals surface area (Å²) in [6.45, 7) is 4.32. The number of para-hydroxylation sites is 1. The Labute approximate surface area is 167 Å². The first-order valence-corrected chi connectivity index (χ1v) is 10.4. The lowest BCUT2D eigenvalue weighted by molar-refractivity contribution is 0.0778. The van der Waals surface area contributed by atoms with Gasteiger partial charge in [0.15, 0.2) is 0 Å². The van der Waals surface area contributed by atoms with E-state index in [1.807, 2.05) is 41.6 Å². The average Bonchev–Trinajstić information content (AvgIpc) is 3.48. The summed E-state index contributed by atoms with van der Waals surface area (Å²) in [6, 6.07) is 8.05. The molecule has 6 nitrogen and oxygen atoms in total. The Balaban J connectivity index is 1.45. The number of hydrogen-bond acceptors (Lipinski definition) is 5. The Morgan fingerprint density at radius 3 is 2.86 bits per heavy atom. The van der Waals surface area contributed by atoms with Crippen molar-refractivity contribution in [2.24, 2.45) is 0 Å². The zero-order valence-corrected chi connectivity index (χ0v) is 16.8. The molecule has 144 valence electrons. The van der Waals surface area contributed by atoms with Crippen molar-refractivity contribution in [2.45, 2.75) is 31.7 Å². The molecule has 4 heterocycles. The minimum atomic E-state index is -0.0546. The van der Waals surface area contributed by atoms with E-state index in [0.717, 1.165) is 53.8 Å². The monoisotopic (exact) mass is 394 g/mol. The zero-order chi connectivity index (χ0) is 19.3. The highest BCUT2D eigenvalue weighted by molar-refractivity contribution is 7.09. The van der Waals surface area contributed by atoms with Gasteiger partial charge in [0.05, 0.1) is 24.0 Å². The molecule has 1 atom stereocenters. The van der Waals surface area contributed by atoms with Crippen molar-refractivity contribution >= 4 is 17.2 Å². The maximum atomic E-state index is 12.8. The third-order valence-corrected chi connectivity index (χ3v) is 6.78. The second-order valence-electron chi connectivity index (χ2n) is 7.58. The summed E-state index contributed by atoms with van der Waals surface area (Å²) in [7, 11) is 1.70. The van der Waals surface area contributed by atoms with Gasteiger partial charge in [-0.1, -0.05) is 12.1 Å². The summed E-state index contributed by atoms with van der Waals surface area (Å²) in [6.07, 6.45) is 3.91. The van der Waals surface area contributed by atoms with Crippen molar-refractivity contribution in [3.63, 3.8) is 0 Å². The molecule has 2 aromatic heterocycles. The van der Waals surface area contributed by atoms with E-state index in [0.29, 0.717) is 12.2 Å². The van der Waals surface area contributed by atoms with Gasteiger partial charge in [0.25, 0.3) is 5.91 Å². The van der Waals surface area contributed by atoms with E-state index in [-0.39, 0.29) is 11.3 Å². The summed E-state index contributed by atoms with van der Waals surface area (Å²) in [5, 5.41) is 2.79. The van der Waals surface area contributed by atoms with Gasteiger partial charge in [0, 0.05) is 36.0 Å². The van der Waals surface area contributed by atoms with E-state index >= 15 is 0 Å². The molecule has 2 aliphatic heterocycles. The molecular formula is C21H22N4O2S. The first-order chi connectivity index (χ1) is 13.6. The van der Waals surface area contributed by atoms with Gasteiger partial charge in [-0.25, -0.2) is 9.97 Å². The highest BCUT2D eigenvalue weighted by Crippen LogP contribution is 2.45. The first-order valence-electron chi connectivity index (χ1n) is 9.52. The molecule has 0 bridgehead atoms. The van der Waals surface area contributed by atoms with Crippen LogP contribution in [0, 0.1) is 6.92 Å². The quantitative estimate of drug-likeness (QED) is 0.682. The number of benzene rings is 1. The fourth-order valence-corrected chi connectivity index (χ4v) is 5.18. The molecule has 1 spiro atoms. The molecule has 5 rings (SSSR count). The number of amides is 1. The largest absolute Gasteiger partial charge is 0.496 e. The molecule has 1 aromatic carbocycles. The number of carbonyl (C=O) groups excluding carboxylic acids is 1. The average molecular weight is 395 g/mol. The van der Waals surface area contributed by atoms with Crippen LogP contribution in [0.2, 0.25) is 0 Å². The molecule has 1 fully saturated rings. The van der Waals surface area contributed by atoms with Gasteiger partial charge in [0.2, 0.25) is 0 Å². The second-order valence-corrected chi connectivity index (χ2v) is 8.64. The fraction of sp³-hybridized carbons (Fsp3) is 0.381. The van der Waals surface area contributed by atoms with Crippen LogP contribution in [0.4, 0.5) is 0 Å². The molecule has 1 unspecified atom stereocenters. The Morgan fingerprint density at radius 2 is 2.07 bits per heavy atom. The molecule has 28 heavy (non-hydrogen) atoms. The Bertz CT molecular complexity index is 1060. The van der Waals surface area contributed by atoms with E-state index in [1.165, 1.54) is 11.3 Å². The first kappa shape index (κ1) is 17.4. The fourth-order valence-electron chi connectivity index (χ4n) is 4.59. The number of aryl methyl sites for hydroxylation is 1. The number of ether oxygens (including phenoxy) is 1. The molecule has 0 N–H and O–H groups in total. The van der Waals surface area contributed by atoms with Crippen molar-refractivity contribution < 1.29 is 9.53 Å². The molecule has 0 radical (unpaired) electrons. The smallest absolute Gasteiger partial charge is 0.273 e. The van der Waals surface area contributed by atoms with Crippen LogP contribution in [0.1, 0.15) is 34.2 Å². The highest BCUT2D eigenvalue weighted by atomic mass is 32.1.